The number of hydrogen-bond acceptors (Lipinski definition) is 4. The molecule has 0 atom stereocenters. The number of rotatable bonds is 11. The smallest absolute Gasteiger partial charge is 0.305 e. The monoisotopic (exact) mass is 283 g/mol. The van der Waals surface area contributed by atoms with Gasteiger partial charge in [-0.25, -0.2) is 0 Å². The van der Waals surface area contributed by atoms with Crippen molar-refractivity contribution in [3.63, 3.8) is 0 Å². The third-order valence-electron chi connectivity index (χ3n) is 2.88. The zero-order valence-electron chi connectivity index (χ0n) is 13.3. The molecule has 116 valence electrons. The lowest BCUT2D eigenvalue weighted by Gasteiger charge is -2.13. The molecule has 4 heteroatoms. The number of carbonyl (C=O) groups excluding carboxylic acids is 1. The van der Waals surface area contributed by atoms with Gasteiger partial charge in [-0.3, -0.25) is 4.79 Å². The maximum atomic E-state index is 11.2. The third kappa shape index (κ3) is 8.75. The third-order valence-corrected chi connectivity index (χ3v) is 2.88. The Labute approximate surface area is 123 Å². The van der Waals surface area contributed by atoms with Crippen molar-refractivity contribution in [2.45, 2.75) is 46.5 Å². The Hall–Kier alpha value is -1.29. The molecule has 0 spiro atoms. The topological polar surface area (TPSA) is 47.6 Å². The average molecular weight is 283 g/mol. The summed E-state index contributed by atoms with van der Waals surface area (Å²) in [5.41, 5.74) is 1.17. The van der Waals surface area contributed by atoms with Crippen LogP contribution in [-0.2, 0) is 14.3 Å². The van der Waals surface area contributed by atoms with Crippen molar-refractivity contribution in [3.05, 3.63) is 23.5 Å². The Morgan fingerprint density at radius 2 is 1.85 bits per heavy atom. The maximum Gasteiger partial charge on any atom is 0.305 e. The van der Waals surface area contributed by atoms with E-state index >= 15 is 0 Å². The standard InChI is InChI=1S/C16H29NO3/c1-5-14(13-17-4)15(6-2)20-12-10-8-9-11-16(18)19-7-3/h5-6,17H,7-13H2,1-4H3/b14-5-,15-6+. The van der Waals surface area contributed by atoms with E-state index in [2.05, 4.69) is 11.4 Å². The molecule has 0 rings (SSSR count). The van der Waals surface area contributed by atoms with Gasteiger partial charge in [0.1, 0.15) is 5.76 Å². The van der Waals surface area contributed by atoms with Crippen LogP contribution >= 0.6 is 0 Å². The fourth-order valence-electron chi connectivity index (χ4n) is 1.85. The molecule has 0 saturated heterocycles. The molecule has 0 saturated carbocycles. The summed E-state index contributed by atoms with van der Waals surface area (Å²) >= 11 is 0. The van der Waals surface area contributed by atoms with Gasteiger partial charge in [0.15, 0.2) is 0 Å². The highest BCUT2D eigenvalue weighted by molar-refractivity contribution is 5.69. The van der Waals surface area contributed by atoms with Gasteiger partial charge < -0.3 is 14.8 Å². The molecule has 0 aromatic rings. The minimum absolute atomic E-state index is 0.104. The van der Waals surface area contributed by atoms with Crippen LogP contribution in [0.5, 0.6) is 0 Å². The lowest BCUT2D eigenvalue weighted by atomic mass is 10.2. The fourth-order valence-corrected chi connectivity index (χ4v) is 1.85. The molecule has 0 radical (unpaired) electrons. The molecule has 1 N–H and O–H groups in total. The van der Waals surface area contributed by atoms with Gasteiger partial charge in [-0.1, -0.05) is 6.08 Å². The Morgan fingerprint density at radius 1 is 1.10 bits per heavy atom. The van der Waals surface area contributed by atoms with Gasteiger partial charge in [0, 0.05) is 18.5 Å². The second-order valence-corrected chi connectivity index (χ2v) is 4.46. The van der Waals surface area contributed by atoms with E-state index < -0.39 is 0 Å². The quantitative estimate of drug-likeness (QED) is 0.274. The lowest BCUT2D eigenvalue weighted by molar-refractivity contribution is -0.143. The number of unbranched alkanes of at least 4 members (excludes halogenated alkanes) is 2. The van der Waals surface area contributed by atoms with E-state index in [1.54, 1.807) is 0 Å². The van der Waals surface area contributed by atoms with Gasteiger partial charge in [-0.05, 0) is 53.2 Å². The second-order valence-electron chi connectivity index (χ2n) is 4.46. The van der Waals surface area contributed by atoms with Gasteiger partial charge in [-0.2, -0.15) is 0 Å². The number of carbonyl (C=O) groups is 1. The molecule has 0 aromatic carbocycles. The average Bonchev–Trinajstić information content (AvgIpc) is 2.45. The number of esters is 1. The Kier molecular flexibility index (Phi) is 11.9. The zero-order valence-corrected chi connectivity index (χ0v) is 13.3. The van der Waals surface area contributed by atoms with Crippen LogP contribution in [0.15, 0.2) is 23.5 Å². The minimum atomic E-state index is -0.104. The molecule has 4 nitrogen and oxygen atoms in total. The van der Waals surface area contributed by atoms with Crippen LogP contribution in [0, 0.1) is 0 Å². The Morgan fingerprint density at radius 3 is 2.40 bits per heavy atom. The van der Waals surface area contributed by atoms with Crippen LogP contribution in [0.25, 0.3) is 0 Å². The second kappa shape index (κ2) is 12.7. The van der Waals surface area contributed by atoms with Crippen molar-refractivity contribution >= 4 is 5.97 Å². The summed E-state index contributed by atoms with van der Waals surface area (Å²) in [6.07, 6.45) is 7.35. The van der Waals surface area contributed by atoms with Crippen molar-refractivity contribution < 1.29 is 14.3 Å². The maximum absolute atomic E-state index is 11.2. The van der Waals surface area contributed by atoms with Gasteiger partial charge in [0.25, 0.3) is 0 Å². The molecular formula is C16H29NO3. The number of allylic oxidation sites excluding steroid dienone is 2. The van der Waals surface area contributed by atoms with E-state index in [0.29, 0.717) is 19.6 Å². The first-order valence-electron chi connectivity index (χ1n) is 7.44. The Bertz CT molecular complexity index is 322. The van der Waals surface area contributed by atoms with Gasteiger partial charge in [0.2, 0.25) is 0 Å². The highest BCUT2D eigenvalue weighted by atomic mass is 16.5. The molecular weight excluding hydrogens is 254 g/mol. The van der Waals surface area contributed by atoms with Crippen LogP contribution in [0.2, 0.25) is 0 Å². The lowest BCUT2D eigenvalue weighted by Crippen LogP contribution is -2.13. The number of likely N-dealkylation sites (N-methyl/N-ethyl adjacent to an activating group) is 1. The highest BCUT2D eigenvalue weighted by Crippen LogP contribution is 2.12. The van der Waals surface area contributed by atoms with Crippen molar-refractivity contribution in [1.29, 1.82) is 0 Å². The summed E-state index contributed by atoms with van der Waals surface area (Å²) in [4.78, 5) is 11.2. The fraction of sp³-hybridized carbons (Fsp3) is 0.688. The molecule has 0 bridgehead atoms. The van der Waals surface area contributed by atoms with Crippen molar-refractivity contribution in [2.75, 3.05) is 26.8 Å². The van der Waals surface area contributed by atoms with E-state index in [0.717, 1.165) is 31.6 Å². The first-order chi connectivity index (χ1) is 9.69. The Balaban J connectivity index is 3.79. The van der Waals surface area contributed by atoms with Crippen LogP contribution in [-0.4, -0.2) is 32.8 Å². The number of hydrogen-bond donors (Lipinski definition) is 1. The van der Waals surface area contributed by atoms with Crippen LogP contribution in [0.4, 0.5) is 0 Å². The largest absolute Gasteiger partial charge is 0.494 e. The molecule has 0 fully saturated rings. The predicted octanol–water partition coefficient (Wildman–Crippen LogP) is 3.20. The summed E-state index contributed by atoms with van der Waals surface area (Å²) in [6, 6.07) is 0. The molecule has 0 aliphatic carbocycles. The van der Waals surface area contributed by atoms with Crippen molar-refractivity contribution in [3.8, 4) is 0 Å². The van der Waals surface area contributed by atoms with Crippen LogP contribution in [0.1, 0.15) is 46.5 Å². The first kappa shape index (κ1) is 18.7. The van der Waals surface area contributed by atoms with Crippen LogP contribution < -0.4 is 5.32 Å². The summed E-state index contributed by atoms with van der Waals surface area (Å²) in [5.74, 6) is 0.833. The molecule has 0 amide bonds. The molecule has 0 heterocycles. The number of ether oxygens (including phenoxy) is 2. The molecule has 0 unspecified atom stereocenters. The van der Waals surface area contributed by atoms with Gasteiger partial charge in [-0.15, -0.1) is 0 Å². The van der Waals surface area contributed by atoms with Gasteiger partial charge >= 0.3 is 5.97 Å². The zero-order chi connectivity index (χ0) is 15.2. The van der Waals surface area contributed by atoms with E-state index in [4.69, 9.17) is 9.47 Å². The normalized spacial score (nSPS) is 12.4. The summed E-state index contributed by atoms with van der Waals surface area (Å²) in [7, 11) is 1.92. The highest BCUT2D eigenvalue weighted by Gasteiger charge is 2.04. The molecule has 0 aromatic heterocycles. The predicted molar refractivity (Wildman–Crippen MR) is 82.5 cm³/mol. The first-order valence-corrected chi connectivity index (χ1v) is 7.44. The molecule has 0 aliphatic rings. The van der Waals surface area contributed by atoms with Crippen LogP contribution in [0.3, 0.4) is 0 Å². The van der Waals surface area contributed by atoms with Gasteiger partial charge in [0.05, 0.1) is 13.2 Å². The van der Waals surface area contributed by atoms with E-state index in [-0.39, 0.29) is 5.97 Å². The van der Waals surface area contributed by atoms with E-state index in [9.17, 15) is 4.79 Å². The van der Waals surface area contributed by atoms with Crippen molar-refractivity contribution in [1.82, 2.24) is 5.32 Å². The number of nitrogens with one attached hydrogen (secondary N) is 1. The summed E-state index contributed by atoms with van der Waals surface area (Å²) < 4.78 is 10.7. The minimum Gasteiger partial charge on any atom is -0.494 e. The SMILES string of the molecule is C/C=C(CNC)\C(=C/C)OCCCCCC(=O)OCC. The van der Waals surface area contributed by atoms with E-state index in [1.807, 2.05) is 33.9 Å². The molecule has 20 heavy (non-hydrogen) atoms. The molecule has 0 aliphatic heterocycles. The van der Waals surface area contributed by atoms with Crippen molar-refractivity contribution in [2.24, 2.45) is 0 Å². The summed E-state index contributed by atoms with van der Waals surface area (Å²) in [6.45, 7) is 7.77. The van der Waals surface area contributed by atoms with E-state index in [1.165, 1.54) is 5.57 Å². The summed E-state index contributed by atoms with van der Waals surface area (Å²) in [5, 5.41) is 3.13.